The van der Waals surface area contributed by atoms with Crippen LogP contribution >= 0.6 is 22.7 Å². The standard InChI is InChI=1S/C51H34N2S2/c1-51(2)39-30-32(31-23-25-41-38(29-31)34-15-6-9-19-40(34)52(41)33-13-4-3-5-14-33)24-26-42(39)53(44-20-12-18-36-35-16-7-10-21-45(35)55-50(36)44)43-27-28-47-48(49(43)51)37-17-8-11-22-46(37)54-47/h3-30H,1-2H3. The molecule has 0 atom stereocenters. The Balaban J connectivity index is 1.12. The maximum Gasteiger partial charge on any atom is 0.0640 e. The zero-order chi connectivity index (χ0) is 36.4. The Hall–Kier alpha value is -6.20. The second kappa shape index (κ2) is 11.4. The van der Waals surface area contributed by atoms with E-state index in [9.17, 15) is 0 Å². The van der Waals surface area contributed by atoms with E-state index in [1.54, 1.807) is 0 Å². The molecule has 11 aromatic rings. The number of thiophene rings is 2. The summed E-state index contributed by atoms with van der Waals surface area (Å²) >= 11 is 3.80. The van der Waals surface area contributed by atoms with Crippen LogP contribution in [0.2, 0.25) is 0 Å². The number of aromatic nitrogens is 1. The Labute approximate surface area is 326 Å². The quantitative estimate of drug-likeness (QED) is 0.175. The van der Waals surface area contributed by atoms with Crippen molar-refractivity contribution >= 4 is 102 Å². The molecular weight excluding hydrogens is 705 g/mol. The maximum absolute atomic E-state index is 2.57. The Morgan fingerprint density at radius 3 is 1.95 bits per heavy atom. The van der Waals surface area contributed by atoms with E-state index in [4.69, 9.17) is 0 Å². The van der Waals surface area contributed by atoms with Crippen LogP contribution < -0.4 is 4.90 Å². The van der Waals surface area contributed by atoms with Gasteiger partial charge in [-0.1, -0.05) is 111 Å². The van der Waals surface area contributed by atoms with Gasteiger partial charge in [-0.25, -0.2) is 0 Å². The lowest BCUT2D eigenvalue weighted by Crippen LogP contribution is -2.31. The van der Waals surface area contributed by atoms with Gasteiger partial charge in [0.25, 0.3) is 0 Å². The predicted molar refractivity (Wildman–Crippen MR) is 239 cm³/mol. The molecule has 0 unspecified atom stereocenters. The lowest BCUT2D eigenvalue weighted by atomic mass is 9.71. The fraction of sp³-hybridized carbons (Fsp3) is 0.0588. The third kappa shape index (κ3) is 4.35. The van der Waals surface area contributed by atoms with Crippen molar-refractivity contribution in [2.75, 3.05) is 4.90 Å². The van der Waals surface area contributed by atoms with Crippen LogP contribution in [0.5, 0.6) is 0 Å². The second-order valence-electron chi connectivity index (χ2n) is 15.3. The summed E-state index contributed by atoms with van der Waals surface area (Å²) in [6.07, 6.45) is 0. The summed E-state index contributed by atoms with van der Waals surface area (Å²) in [6, 6.07) is 63.1. The normalized spacial score (nSPS) is 13.7. The molecule has 1 aliphatic heterocycles. The number of para-hydroxylation sites is 2. The summed E-state index contributed by atoms with van der Waals surface area (Å²) < 4.78 is 7.71. The van der Waals surface area contributed by atoms with Crippen molar-refractivity contribution in [1.82, 2.24) is 4.57 Å². The highest BCUT2D eigenvalue weighted by Gasteiger charge is 2.40. The highest BCUT2D eigenvalue weighted by atomic mass is 32.1. The average Bonchev–Trinajstić information content (AvgIpc) is 3.91. The molecule has 260 valence electrons. The lowest BCUT2D eigenvalue weighted by Gasteiger charge is -2.43. The molecule has 55 heavy (non-hydrogen) atoms. The predicted octanol–water partition coefficient (Wildman–Crippen LogP) is 15.3. The van der Waals surface area contributed by atoms with Crippen LogP contribution in [0.15, 0.2) is 170 Å². The number of fused-ring (bicyclic) bond motifs is 12. The van der Waals surface area contributed by atoms with Crippen molar-refractivity contribution in [3.8, 4) is 16.8 Å². The third-order valence-corrected chi connectivity index (χ3v) is 14.3. The van der Waals surface area contributed by atoms with Crippen LogP contribution in [0, 0.1) is 0 Å². The van der Waals surface area contributed by atoms with E-state index >= 15 is 0 Å². The van der Waals surface area contributed by atoms with Crippen molar-refractivity contribution in [2.45, 2.75) is 19.3 Å². The summed E-state index contributed by atoms with van der Waals surface area (Å²) in [5.74, 6) is 0. The van der Waals surface area contributed by atoms with Crippen LogP contribution in [0.4, 0.5) is 17.1 Å². The molecule has 4 heteroatoms. The van der Waals surface area contributed by atoms with Crippen LogP contribution in [-0.2, 0) is 5.41 Å². The van der Waals surface area contributed by atoms with Gasteiger partial charge in [-0.3, -0.25) is 0 Å². The molecule has 2 nitrogen and oxygen atoms in total. The number of hydrogen-bond acceptors (Lipinski definition) is 3. The van der Waals surface area contributed by atoms with Gasteiger partial charge in [-0.15, -0.1) is 22.7 Å². The van der Waals surface area contributed by atoms with Crippen LogP contribution in [-0.4, -0.2) is 4.57 Å². The van der Waals surface area contributed by atoms with Gasteiger partial charge in [0.2, 0.25) is 0 Å². The van der Waals surface area contributed by atoms with Gasteiger partial charge in [-0.05, 0) is 95.1 Å². The highest BCUT2D eigenvalue weighted by molar-refractivity contribution is 7.26. The molecule has 0 aliphatic carbocycles. The monoisotopic (exact) mass is 738 g/mol. The van der Waals surface area contributed by atoms with Crippen molar-refractivity contribution in [1.29, 1.82) is 0 Å². The Morgan fingerprint density at radius 1 is 0.436 bits per heavy atom. The van der Waals surface area contributed by atoms with Crippen molar-refractivity contribution in [2.24, 2.45) is 0 Å². The summed E-state index contributed by atoms with van der Waals surface area (Å²) in [7, 11) is 0. The van der Waals surface area contributed by atoms with E-state index in [1.807, 2.05) is 22.7 Å². The molecule has 0 radical (unpaired) electrons. The summed E-state index contributed by atoms with van der Waals surface area (Å²) in [4.78, 5) is 2.57. The molecule has 0 saturated carbocycles. The van der Waals surface area contributed by atoms with Crippen LogP contribution in [0.3, 0.4) is 0 Å². The van der Waals surface area contributed by atoms with Gasteiger partial charge < -0.3 is 9.47 Å². The molecule has 0 saturated heterocycles. The maximum atomic E-state index is 2.57. The highest BCUT2D eigenvalue weighted by Crippen LogP contribution is 2.58. The van der Waals surface area contributed by atoms with E-state index in [0.29, 0.717) is 0 Å². The zero-order valence-corrected chi connectivity index (χ0v) is 32.0. The minimum atomic E-state index is -0.276. The minimum Gasteiger partial charge on any atom is -0.309 e. The number of hydrogen-bond donors (Lipinski definition) is 0. The van der Waals surface area contributed by atoms with Gasteiger partial charge in [0.15, 0.2) is 0 Å². The van der Waals surface area contributed by atoms with Gasteiger partial charge in [-0.2, -0.15) is 0 Å². The molecular formula is C51H34N2S2. The second-order valence-corrected chi connectivity index (χ2v) is 17.4. The fourth-order valence-corrected chi connectivity index (χ4v) is 11.8. The Bertz CT molecular complexity index is 3360. The topological polar surface area (TPSA) is 8.17 Å². The zero-order valence-electron chi connectivity index (χ0n) is 30.4. The summed E-state index contributed by atoms with van der Waals surface area (Å²) in [6.45, 7) is 4.88. The first kappa shape index (κ1) is 31.2. The van der Waals surface area contributed by atoms with Crippen LogP contribution in [0.25, 0.3) is 79.0 Å². The van der Waals surface area contributed by atoms with E-state index in [0.717, 1.165) is 0 Å². The van der Waals surface area contributed by atoms with E-state index < -0.39 is 0 Å². The van der Waals surface area contributed by atoms with E-state index in [-0.39, 0.29) is 5.41 Å². The first-order valence-corrected chi connectivity index (χ1v) is 20.6. The molecule has 12 rings (SSSR count). The number of anilines is 3. The number of benzene rings is 8. The fourth-order valence-electron chi connectivity index (χ4n) is 9.48. The Morgan fingerprint density at radius 2 is 1.09 bits per heavy atom. The Kier molecular flexibility index (Phi) is 6.47. The molecule has 0 bridgehead atoms. The average molecular weight is 739 g/mol. The van der Waals surface area contributed by atoms with Crippen molar-refractivity contribution < 1.29 is 0 Å². The summed E-state index contributed by atoms with van der Waals surface area (Å²) in [5, 5.41) is 7.89. The smallest absolute Gasteiger partial charge is 0.0640 e. The SMILES string of the molecule is CC1(C)c2cc(-c3ccc4c(c3)c3ccccc3n4-c3ccccc3)ccc2N(c2cccc3c2sc2ccccc23)c2ccc3sc4ccccc4c3c21. The number of nitrogens with zero attached hydrogens (tertiary/aromatic N) is 2. The van der Waals surface area contributed by atoms with Gasteiger partial charge in [0.05, 0.1) is 32.8 Å². The van der Waals surface area contributed by atoms with Gasteiger partial charge in [0, 0.05) is 57.5 Å². The van der Waals surface area contributed by atoms with E-state index in [2.05, 4.69) is 193 Å². The van der Waals surface area contributed by atoms with E-state index in [1.165, 1.54) is 107 Å². The minimum absolute atomic E-state index is 0.276. The molecule has 8 aromatic carbocycles. The molecule has 0 fully saturated rings. The first-order valence-electron chi connectivity index (χ1n) is 18.9. The third-order valence-electron chi connectivity index (χ3n) is 11.9. The molecule has 4 heterocycles. The number of rotatable bonds is 3. The first-order chi connectivity index (χ1) is 27.0. The van der Waals surface area contributed by atoms with Gasteiger partial charge in [0.1, 0.15) is 0 Å². The van der Waals surface area contributed by atoms with Crippen molar-refractivity contribution in [3.63, 3.8) is 0 Å². The molecule has 0 spiro atoms. The largest absolute Gasteiger partial charge is 0.309 e. The van der Waals surface area contributed by atoms with Gasteiger partial charge >= 0.3 is 0 Å². The molecule has 1 aliphatic rings. The molecule has 3 aromatic heterocycles. The van der Waals surface area contributed by atoms with Crippen molar-refractivity contribution in [3.05, 3.63) is 181 Å². The molecule has 0 N–H and O–H groups in total. The molecule has 0 amide bonds. The van der Waals surface area contributed by atoms with Crippen LogP contribution in [0.1, 0.15) is 25.0 Å². The lowest BCUT2D eigenvalue weighted by molar-refractivity contribution is 0.639. The summed E-state index contributed by atoms with van der Waals surface area (Å²) in [5.41, 5.74) is 12.3.